The van der Waals surface area contributed by atoms with E-state index in [1.165, 1.54) is 0 Å². The van der Waals surface area contributed by atoms with Gasteiger partial charge in [0.25, 0.3) is 0 Å². The van der Waals surface area contributed by atoms with Gasteiger partial charge in [-0.2, -0.15) is 0 Å². The summed E-state index contributed by atoms with van der Waals surface area (Å²) in [6.45, 7) is 5.14. The highest BCUT2D eigenvalue weighted by Crippen LogP contribution is 2.24. The predicted molar refractivity (Wildman–Crippen MR) is 95.1 cm³/mol. The lowest BCUT2D eigenvalue weighted by Crippen LogP contribution is -2.39. The van der Waals surface area contributed by atoms with Gasteiger partial charge in [0, 0.05) is 12.2 Å². The molecule has 23 heavy (non-hydrogen) atoms. The van der Waals surface area contributed by atoms with Crippen LogP contribution in [-0.2, 0) is 9.59 Å². The summed E-state index contributed by atoms with van der Waals surface area (Å²) in [4.78, 5) is 25.3. The lowest BCUT2D eigenvalue weighted by Gasteiger charge is -2.16. The maximum atomic E-state index is 11.9. The van der Waals surface area contributed by atoms with Crippen LogP contribution in [0.25, 0.3) is 0 Å². The molecule has 1 aromatic carbocycles. The summed E-state index contributed by atoms with van der Waals surface area (Å²) in [5, 5.41) is 6.36. The van der Waals surface area contributed by atoms with Crippen molar-refractivity contribution < 1.29 is 9.59 Å². The summed E-state index contributed by atoms with van der Waals surface area (Å²) in [5.41, 5.74) is 0.569. The molecule has 0 saturated heterocycles. The van der Waals surface area contributed by atoms with Gasteiger partial charge in [0.15, 0.2) is 0 Å². The number of nitrogens with zero attached hydrogens (tertiary/aromatic N) is 1. The first-order valence-electron chi connectivity index (χ1n) is 7.48. The minimum absolute atomic E-state index is 0.0875. The molecule has 2 amide bonds. The summed E-state index contributed by atoms with van der Waals surface area (Å²) >= 11 is 11.7. The van der Waals surface area contributed by atoms with Crippen molar-refractivity contribution in [1.29, 1.82) is 0 Å². The minimum Gasteiger partial charge on any atom is -0.355 e. The van der Waals surface area contributed by atoms with Crippen LogP contribution in [0.15, 0.2) is 18.2 Å². The zero-order valence-corrected chi connectivity index (χ0v) is 15.2. The Hall–Kier alpha value is -1.30. The molecule has 0 aromatic heterocycles. The number of hydrogen-bond acceptors (Lipinski definition) is 3. The summed E-state index contributed by atoms with van der Waals surface area (Å²) < 4.78 is 0. The Morgan fingerprint density at radius 2 is 1.78 bits per heavy atom. The molecule has 1 rings (SSSR count). The van der Waals surface area contributed by atoms with Crippen LogP contribution in [0.3, 0.4) is 0 Å². The third kappa shape index (κ3) is 8.21. The molecule has 7 heteroatoms. The van der Waals surface area contributed by atoms with Crippen LogP contribution >= 0.6 is 23.2 Å². The Labute approximate surface area is 147 Å². The van der Waals surface area contributed by atoms with Gasteiger partial charge in [-0.3, -0.25) is 14.5 Å². The molecular weight excluding hydrogens is 337 g/mol. The van der Waals surface area contributed by atoms with Crippen LogP contribution in [0.5, 0.6) is 0 Å². The smallest absolute Gasteiger partial charge is 0.238 e. The second-order valence-electron chi connectivity index (χ2n) is 5.88. The van der Waals surface area contributed by atoms with Crippen molar-refractivity contribution >= 4 is 40.7 Å². The molecule has 0 bridgehead atoms. The van der Waals surface area contributed by atoms with Gasteiger partial charge in [0.2, 0.25) is 11.8 Å². The molecule has 0 atom stereocenters. The van der Waals surface area contributed by atoms with Crippen LogP contribution in [-0.4, -0.2) is 43.4 Å². The van der Waals surface area contributed by atoms with E-state index in [4.69, 9.17) is 23.2 Å². The van der Waals surface area contributed by atoms with Gasteiger partial charge >= 0.3 is 0 Å². The van der Waals surface area contributed by atoms with Crippen molar-refractivity contribution in [2.75, 3.05) is 32.0 Å². The first kappa shape index (κ1) is 19.7. The van der Waals surface area contributed by atoms with Crippen LogP contribution < -0.4 is 10.6 Å². The average Bonchev–Trinajstić information content (AvgIpc) is 2.42. The van der Waals surface area contributed by atoms with E-state index in [9.17, 15) is 9.59 Å². The highest BCUT2D eigenvalue weighted by Gasteiger charge is 2.11. The van der Waals surface area contributed by atoms with E-state index in [0.29, 0.717) is 28.2 Å². The normalized spacial score (nSPS) is 10.9. The Morgan fingerprint density at radius 1 is 1.13 bits per heavy atom. The van der Waals surface area contributed by atoms with E-state index in [-0.39, 0.29) is 24.9 Å². The fraction of sp³-hybridized carbons (Fsp3) is 0.500. The SMILES string of the molecule is CC(C)CCNC(=O)CN(C)CC(=O)Nc1ccc(Cl)c(Cl)c1. The van der Waals surface area contributed by atoms with Gasteiger partial charge in [0.1, 0.15) is 0 Å². The molecule has 2 N–H and O–H groups in total. The van der Waals surface area contributed by atoms with Gasteiger partial charge < -0.3 is 10.6 Å². The monoisotopic (exact) mass is 359 g/mol. The minimum atomic E-state index is -0.221. The lowest BCUT2D eigenvalue weighted by molar-refractivity contribution is -0.122. The number of rotatable bonds is 8. The summed E-state index contributed by atoms with van der Waals surface area (Å²) in [7, 11) is 1.72. The standard InChI is InChI=1S/C16H23Cl2N3O2/c1-11(2)6-7-19-15(22)9-21(3)10-16(23)20-12-4-5-13(17)14(18)8-12/h4-5,8,11H,6-7,9-10H2,1-3H3,(H,19,22)(H,20,23). The highest BCUT2D eigenvalue weighted by molar-refractivity contribution is 6.42. The molecule has 0 aliphatic carbocycles. The second-order valence-corrected chi connectivity index (χ2v) is 6.70. The number of nitrogens with one attached hydrogen (secondary N) is 2. The predicted octanol–water partition coefficient (Wildman–Crippen LogP) is 3.03. The molecule has 0 heterocycles. The van der Waals surface area contributed by atoms with Crippen LogP contribution in [0.1, 0.15) is 20.3 Å². The number of halogens is 2. The van der Waals surface area contributed by atoms with Crippen LogP contribution in [0.2, 0.25) is 10.0 Å². The first-order chi connectivity index (χ1) is 10.8. The maximum Gasteiger partial charge on any atom is 0.238 e. The molecule has 0 spiro atoms. The van der Waals surface area contributed by atoms with E-state index in [1.54, 1.807) is 30.1 Å². The Kier molecular flexibility index (Phi) is 8.37. The van der Waals surface area contributed by atoms with Crippen molar-refractivity contribution in [1.82, 2.24) is 10.2 Å². The van der Waals surface area contributed by atoms with E-state index in [1.807, 2.05) is 0 Å². The second kappa shape index (κ2) is 9.75. The molecular formula is C16H23Cl2N3O2. The van der Waals surface area contributed by atoms with Gasteiger partial charge in [-0.25, -0.2) is 0 Å². The van der Waals surface area contributed by atoms with E-state index in [2.05, 4.69) is 24.5 Å². The lowest BCUT2D eigenvalue weighted by atomic mass is 10.1. The average molecular weight is 360 g/mol. The molecule has 1 aromatic rings. The van der Waals surface area contributed by atoms with E-state index < -0.39 is 0 Å². The van der Waals surface area contributed by atoms with Gasteiger partial charge in [-0.05, 0) is 37.6 Å². The molecule has 0 fully saturated rings. The molecule has 128 valence electrons. The number of carbonyl (C=O) groups excluding carboxylic acids is 2. The zero-order valence-electron chi connectivity index (χ0n) is 13.7. The Balaban J connectivity index is 2.35. The van der Waals surface area contributed by atoms with Crippen LogP contribution in [0.4, 0.5) is 5.69 Å². The first-order valence-corrected chi connectivity index (χ1v) is 8.23. The third-order valence-electron chi connectivity index (χ3n) is 3.07. The molecule has 0 saturated carbocycles. The van der Waals surface area contributed by atoms with Gasteiger partial charge in [-0.1, -0.05) is 37.0 Å². The molecule has 0 radical (unpaired) electrons. The maximum absolute atomic E-state index is 11.9. The topological polar surface area (TPSA) is 61.4 Å². The molecule has 5 nitrogen and oxygen atoms in total. The van der Waals surface area contributed by atoms with Crippen molar-refractivity contribution in [3.63, 3.8) is 0 Å². The van der Waals surface area contributed by atoms with Gasteiger partial charge in [0.05, 0.1) is 23.1 Å². The Morgan fingerprint density at radius 3 is 2.39 bits per heavy atom. The molecule has 0 aliphatic rings. The number of carbonyl (C=O) groups is 2. The van der Waals surface area contributed by atoms with Crippen molar-refractivity contribution in [3.8, 4) is 0 Å². The Bertz CT molecular complexity index is 550. The molecule has 0 aliphatic heterocycles. The largest absolute Gasteiger partial charge is 0.355 e. The number of hydrogen-bond donors (Lipinski definition) is 2. The third-order valence-corrected chi connectivity index (χ3v) is 3.81. The number of benzene rings is 1. The van der Waals surface area contributed by atoms with Gasteiger partial charge in [-0.15, -0.1) is 0 Å². The fourth-order valence-corrected chi connectivity index (χ4v) is 2.17. The zero-order chi connectivity index (χ0) is 17.4. The summed E-state index contributed by atoms with van der Waals surface area (Å²) in [6, 6.07) is 4.87. The fourth-order valence-electron chi connectivity index (χ4n) is 1.88. The molecule has 0 unspecified atom stereocenters. The number of amides is 2. The number of likely N-dealkylation sites (N-methyl/N-ethyl adjacent to an activating group) is 1. The van der Waals surface area contributed by atoms with Crippen molar-refractivity contribution in [3.05, 3.63) is 28.2 Å². The van der Waals surface area contributed by atoms with Crippen molar-refractivity contribution in [2.45, 2.75) is 20.3 Å². The van der Waals surface area contributed by atoms with Crippen molar-refractivity contribution in [2.24, 2.45) is 5.92 Å². The highest BCUT2D eigenvalue weighted by atomic mass is 35.5. The quantitative estimate of drug-likeness (QED) is 0.749. The summed E-state index contributed by atoms with van der Waals surface area (Å²) in [6.07, 6.45) is 0.938. The van der Waals surface area contributed by atoms with E-state index >= 15 is 0 Å². The van der Waals surface area contributed by atoms with E-state index in [0.717, 1.165) is 6.42 Å². The number of anilines is 1. The summed E-state index contributed by atoms with van der Waals surface area (Å²) in [5.74, 6) is 0.237. The van der Waals surface area contributed by atoms with Crippen LogP contribution in [0, 0.1) is 5.92 Å².